The molecule has 0 atom stereocenters. The first-order valence-corrected chi connectivity index (χ1v) is 7.64. The van der Waals surface area contributed by atoms with E-state index in [-0.39, 0.29) is 6.42 Å². The molecule has 3 aromatic rings. The van der Waals surface area contributed by atoms with Gasteiger partial charge in [-0.2, -0.15) is 0 Å². The van der Waals surface area contributed by atoms with E-state index >= 15 is 0 Å². The molecule has 0 aliphatic carbocycles. The van der Waals surface area contributed by atoms with Crippen LogP contribution in [0.5, 0.6) is 0 Å². The highest BCUT2D eigenvalue weighted by molar-refractivity contribution is 5.79. The normalized spacial score (nSPS) is 11.3. The highest BCUT2D eigenvalue weighted by atomic mass is 16.4. The lowest BCUT2D eigenvalue weighted by Crippen LogP contribution is -2.03. The summed E-state index contributed by atoms with van der Waals surface area (Å²) in [4.78, 5) is 15.4. The third kappa shape index (κ3) is 3.66. The Balaban J connectivity index is 1.91. The van der Waals surface area contributed by atoms with E-state index < -0.39 is 5.97 Å². The standard InChI is InChI=1S/C19H18N2O2/c22-19(23)11-6-14-21-17-10-5-4-9-16(17)20-18(21)13-12-15-7-2-1-3-8-15/h1-5,7-10,12-13H,6,11,14H2,(H,22,23)/b13-12+. The molecule has 0 saturated carbocycles. The smallest absolute Gasteiger partial charge is 0.303 e. The van der Waals surface area contributed by atoms with Crippen molar-refractivity contribution in [2.24, 2.45) is 0 Å². The maximum Gasteiger partial charge on any atom is 0.303 e. The highest BCUT2D eigenvalue weighted by Crippen LogP contribution is 2.19. The van der Waals surface area contributed by atoms with Crippen molar-refractivity contribution in [3.8, 4) is 0 Å². The molecule has 1 heterocycles. The van der Waals surface area contributed by atoms with E-state index in [0.717, 1.165) is 22.4 Å². The molecule has 1 N–H and O–H groups in total. The van der Waals surface area contributed by atoms with Gasteiger partial charge in [0.05, 0.1) is 11.0 Å². The van der Waals surface area contributed by atoms with Crippen LogP contribution in [-0.2, 0) is 11.3 Å². The number of carboxylic acid groups (broad SMARTS) is 1. The molecule has 23 heavy (non-hydrogen) atoms. The minimum Gasteiger partial charge on any atom is -0.481 e. The molecule has 0 unspecified atom stereocenters. The fourth-order valence-corrected chi connectivity index (χ4v) is 2.58. The third-order valence-corrected chi connectivity index (χ3v) is 3.68. The number of carbonyl (C=O) groups is 1. The highest BCUT2D eigenvalue weighted by Gasteiger charge is 2.08. The number of para-hydroxylation sites is 2. The molecule has 0 bridgehead atoms. The van der Waals surface area contributed by atoms with Gasteiger partial charge in [0.15, 0.2) is 0 Å². The molecule has 116 valence electrons. The number of aryl methyl sites for hydroxylation is 1. The van der Waals surface area contributed by atoms with Crippen LogP contribution in [0.2, 0.25) is 0 Å². The number of hydrogen-bond donors (Lipinski definition) is 1. The lowest BCUT2D eigenvalue weighted by atomic mass is 10.2. The molecule has 0 spiro atoms. The molecule has 1 aromatic heterocycles. The first-order valence-electron chi connectivity index (χ1n) is 7.64. The molecular formula is C19H18N2O2. The molecule has 0 fully saturated rings. The zero-order valence-corrected chi connectivity index (χ0v) is 12.7. The minimum atomic E-state index is -0.768. The van der Waals surface area contributed by atoms with Crippen LogP contribution in [0.25, 0.3) is 23.2 Å². The van der Waals surface area contributed by atoms with Crippen LogP contribution in [0.4, 0.5) is 0 Å². The maximum atomic E-state index is 10.7. The predicted molar refractivity (Wildman–Crippen MR) is 92.0 cm³/mol. The Morgan fingerprint density at radius 2 is 1.78 bits per heavy atom. The van der Waals surface area contributed by atoms with Crippen LogP contribution in [0, 0.1) is 0 Å². The van der Waals surface area contributed by atoms with Gasteiger partial charge in [-0.25, -0.2) is 4.98 Å². The molecule has 0 aliphatic rings. The average Bonchev–Trinajstić information content (AvgIpc) is 2.92. The average molecular weight is 306 g/mol. The largest absolute Gasteiger partial charge is 0.481 e. The molecule has 0 saturated heterocycles. The molecule has 4 heteroatoms. The van der Waals surface area contributed by atoms with E-state index in [4.69, 9.17) is 5.11 Å². The van der Waals surface area contributed by atoms with Crippen molar-refractivity contribution in [2.75, 3.05) is 0 Å². The Morgan fingerprint density at radius 3 is 2.57 bits per heavy atom. The molecule has 0 amide bonds. The Kier molecular flexibility index (Phi) is 4.52. The van der Waals surface area contributed by atoms with E-state index in [1.165, 1.54) is 0 Å². The van der Waals surface area contributed by atoms with E-state index in [1.54, 1.807) is 0 Å². The second-order valence-corrected chi connectivity index (χ2v) is 5.35. The summed E-state index contributed by atoms with van der Waals surface area (Å²) in [6.07, 6.45) is 4.75. The van der Waals surface area contributed by atoms with Gasteiger partial charge in [-0.3, -0.25) is 4.79 Å². The Morgan fingerprint density at radius 1 is 1.04 bits per heavy atom. The number of rotatable bonds is 6. The number of aliphatic carboxylic acids is 1. The van der Waals surface area contributed by atoms with Crippen molar-refractivity contribution in [1.29, 1.82) is 0 Å². The number of nitrogens with zero attached hydrogens (tertiary/aromatic N) is 2. The summed E-state index contributed by atoms with van der Waals surface area (Å²) in [7, 11) is 0. The van der Waals surface area contributed by atoms with Gasteiger partial charge in [0, 0.05) is 13.0 Å². The van der Waals surface area contributed by atoms with Crippen molar-refractivity contribution >= 4 is 29.2 Å². The van der Waals surface area contributed by atoms with Crippen molar-refractivity contribution in [2.45, 2.75) is 19.4 Å². The van der Waals surface area contributed by atoms with Gasteiger partial charge in [-0.1, -0.05) is 48.5 Å². The Bertz CT molecular complexity index is 835. The van der Waals surface area contributed by atoms with Gasteiger partial charge in [-0.15, -0.1) is 0 Å². The molecule has 3 rings (SSSR count). The van der Waals surface area contributed by atoms with Crippen LogP contribution >= 0.6 is 0 Å². The van der Waals surface area contributed by atoms with Crippen LogP contribution in [-0.4, -0.2) is 20.6 Å². The number of hydrogen-bond acceptors (Lipinski definition) is 2. The summed E-state index contributed by atoms with van der Waals surface area (Å²) >= 11 is 0. The quantitative estimate of drug-likeness (QED) is 0.747. The first-order chi connectivity index (χ1) is 11.2. The van der Waals surface area contributed by atoms with Crippen molar-refractivity contribution in [3.63, 3.8) is 0 Å². The van der Waals surface area contributed by atoms with E-state index in [2.05, 4.69) is 9.55 Å². The van der Waals surface area contributed by atoms with Crippen LogP contribution < -0.4 is 0 Å². The van der Waals surface area contributed by atoms with Gasteiger partial charge in [0.1, 0.15) is 5.82 Å². The lowest BCUT2D eigenvalue weighted by molar-refractivity contribution is -0.137. The zero-order valence-electron chi connectivity index (χ0n) is 12.7. The third-order valence-electron chi connectivity index (χ3n) is 3.68. The maximum absolute atomic E-state index is 10.7. The summed E-state index contributed by atoms with van der Waals surface area (Å²) in [5.41, 5.74) is 3.07. The summed E-state index contributed by atoms with van der Waals surface area (Å²) in [5, 5.41) is 8.84. The minimum absolute atomic E-state index is 0.161. The van der Waals surface area contributed by atoms with Crippen molar-refractivity contribution < 1.29 is 9.90 Å². The summed E-state index contributed by atoms with van der Waals surface area (Å²) in [5.74, 6) is 0.0799. The van der Waals surface area contributed by atoms with Crippen LogP contribution in [0.15, 0.2) is 54.6 Å². The Labute approximate surface area is 134 Å². The number of imidazole rings is 1. The fraction of sp³-hybridized carbons (Fsp3) is 0.158. The molecule has 0 radical (unpaired) electrons. The summed E-state index contributed by atoms with van der Waals surface area (Å²) in [6.45, 7) is 0.640. The van der Waals surface area contributed by atoms with E-state index in [0.29, 0.717) is 13.0 Å². The van der Waals surface area contributed by atoms with E-state index in [1.807, 2.05) is 66.7 Å². The number of aromatic nitrogens is 2. The summed E-state index contributed by atoms with van der Waals surface area (Å²) < 4.78 is 2.08. The predicted octanol–water partition coefficient (Wildman–Crippen LogP) is 4.07. The lowest BCUT2D eigenvalue weighted by Gasteiger charge is -2.06. The fourth-order valence-electron chi connectivity index (χ4n) is 2.58. The second kappa shape index (κ2) is 6.92. The molecular weight excluding hydrogens is 288 g/mol. The molecule has 2 aromatic carbocycles. The summed E-state index contributed by atoms with van der Waals surface area (Å²) in [6, 6.07) is 18.0. The molecule has 0 aliphatic heterocycles. The zero-order chi connectivity index (χ0) is 16.1. The number of carboxylic acids is 1. The topological polar surface area (TPSA) is 55.1 Å². The van der Waals surface area contributed by atoms with E-state index in [9.17, 15) is 4.79 Å². The van der Waals surface area contributed by atoms with Gasteiger partial charge >= 0.3 is 5.97 Å². The monoisotopic (exact) mass is 306 g/mol. The number of benzene rings is 2. The van der Waals surface area contributed by atoms with Crippen LogP contribution in [0.1, 0.15) is 24.2 Å². The van der Waals surface area contributed by atoms with Gasteiger partial charge in [-0.05, 0) is 30.2 Å². The van der Waals surface area contributed by atoms with Gasteiger partial charge in [0.2, 0.25) is 0 Å². The number of fused-ring (bicyclic) bond motifs is 1. The second-order valence-electron chi connectivity index (χ2n) is 5.35. The SMILES string of the molecule is O=C(O)CCCn1c(/C=C/c2ccccc2)nc2ccccc21. The van der Waals surface area contributed by atoms with Crippen molar-refractivity contribution in [1.82, 2.24) is 9.55 Å². The Hall–Kier alpha value is -2.88. The first kappa shape index (κ1) is 15.0. The molecule has 4 nitrogen and oxygen atoms in total. The van der Waals surface area contributed by atoms with Gasteiger partial charge in [0.25, 0.3) is 0 Å². The van der Waals surface area contributed by atoms with Crippen LogP contribution in [0.3, 0.4) is 0 Å². The van der Waals surface area contributed by atoms with Crippen molar-refractivity contribution in [3.05, 3.63) is 66.0 Å². The van der Waals surface area contributed by atoms with Gasteiger partial charge < -0.3 is 9.67 Å².